The fraction of sp³-hybridized carbons (Fsp3) is 0.250. The number of carboxylic acids is 1. The number of carbonyl (C=O) groups excluding carboxylic acids is 2. The Balaban J connectivity index is 2.84. The van der Waals surface area contributed by atoms with Crippen LogP contribution >= 0.6 is 11.6 Å². The lowest BCUT2D eigenvalue weighted by molar-refractivity contribution is -0.122. The standard InChI is InChI=1S/C12H14ClN3O4/c1-12(2,10(14)19)16-11(20)15-6-3-4-8(13)7(5-6)9(17)18/h3-5H,1-2H3,(H2,14,19)(H,17,18)(H2,15,16,20). The topological polar surface area (TPSA) is 122 Å². The van der Waals surface area contributed by atoms with Crippen LogP contribution in [0.15, 0.2) is 18.2 Å². The molecule has 0 heterocycles. The first-order valence-corrected chi connectivity index (χ1v) is 5.93. The monoisotopic (exact) mass is 299 g/mol. The SMILES string of the molecule is CC(C)(NC(=O)Nc1ccc(Cl)c(C(=O)O)c1)C(N)=O. The second-order valence-electron chi connectivity index (χ2n) is 4.57. The molecule has 1 rings (SSSR count). The predicted molar refractivity (Wildman–Crippen MR) is 73.8 cm³/mol. The number of aromatic carboxylic acids is 1. The maximum atomic E-state index is 11.7. The molecule has 5 N–H and O–H groups in total. The van der Waals surface area contributed by atoms with E-state index in [1.807, 2.05) is 0 Å². The molecular weight excluding hydrogens is 286 g/mol. The van der Waals surface area contributed by atoms with E-state index >= 15 is 0 Å². The van der Waals surface area contributed by atoms with E-state index in [2.05, 4.69) is 10.6 Å². The largest absolute Gasteiger partial charge is 0.478 e. The van der Waals surface area contributed by atoms with Crippen molar-refractivity contribution in [1.29, 1.82) is 0 Å². The van der Waals surface area contributed by atoms with E-state index < -0.39 is 23.4 Å². The van der Waals surface area contributed by atoms with Crippen molar-refractivity contribution in [2.75, 3.05) is 5.32 Å². The summed E-state index contributed by atoms with van der Waals surface area (Å²) >= 11 is 5.71. The van der Waals surface area contributed by atoms with Crippen molar-refractivity contribution < 1.29 is 19.5 Å². The quantitative estimate of drug-likeness (QED) is 0.671. The van der Waals surface area contributed by atoms with Crippen molar-refractivity contribution in [3.63, 3.8) is 0 Å². The number of benzene rings is 1. The molecule has 3 amide bonds. The van der Waals surface area contributed by atoms with Gasteiger partial charge in [0.1, 0.15) is 5.54 Å². The third-order valence-electron chi connectivity index (χ3n) is 2.50. The van der Waals surface area contributed by atoms with Gasteiger partial charge in [0.25, 0.3) is 0 Å². The van der Waals surface area contributed by atoms with E-state index in [4.69, 9.17) is 22.4 Å². The molecule has 0 bridgehead atoms. The first-order valence-electron chi connectivity index (χ1n) is 5.55. The van der Waals surface area contributed by atoms with E-state index in [1.54, 1.807) is 0 Å². The molecule has 0 aliphatic rings. The van der Waals surface area contributed by atoms with Crippen molar-refractivity contribution >= 4 is 35.2 Å². The average Bonchev–Trinajstić information content (AvgIpc) is 2.30. The maximum absolute atomic E-state index is 11.7. The number of hydrogen-bond acceptors (Lipinski definition) is 3. The summed E-state index contributed by atoms with van der Waals surface area (Å²) in [6, 6.07) is 3.31. The van der Waals surface area contributed by atoms with E-state index in [0.717, 1.165) is 0 Å². The third-order valence-corrected chi connectivity index (χ3v) is 2.83. The second kappa shape index (κ2) is 5.79. The highest BCUT2D eigenvalue weighted by Crippen LogP contribution is 2.20. The molecule has 0 aliphatic carbocycles. The number of amides is 3. The number of nitrogens with two attached hydrogens (primary N) is 1. The van der Waals surface area contributed by atoms with Gasteiger partial charge in [0.15, 0.2) is 0 Å². The van der Waals surface area contributed by atoms with E-state index in [1.165, 1.54) is 32.0 Å². The van der Waals surface area contributed by atoms with Gasteiger partial charge < -0.3 is 21.5 Å². The van der Waals surface area contributed by atoms with Crippen LogP contribution < -0.4 is 16.4 Å². The van der Waals surface area contributed by atoms with Gasteiger partial charge in [-0.1, -0.05) is 11.6 Å². The number of nitrogens with one attached hydrogen (secondary N) is 2. The summed E-state index contributed by atoms with van der Waals surface area (Å²) in [5, 5.41) is 13.7. The average molecular weight is 300 g/mol. The molecule has 0 radical (unpaired) electrons. The highest BCUT2D eigenvalue weighted by atomic mass is 35.5. The molecule has 1 aromatic rings. The first-order chi connectivity index (χ1) is 9.13. The number of carbonyl (C=O) groups is 3. The lowest BCUT2D eigenvalue weighted by Gasteiger charge is -2.22. The first kappa shape index (κ1) is 15.8. The minimum atomic E-state index is -1.23. The lowest BCUT2D eigenvalue weighted by Crippen LogP contribution is -2.54. The molecule has 0 spiro atoms. The zero-order valence-electron chi connectivity index (χ0n) is 10.9. The summed E-state index contributed by atoms with van der Waals surface area (Å²) in [4.78, 5) is 33.7. The van der Waals surface area contributed by atoms with Gasteiger partial charge in [-0.25, -0.2) is 9.59 Å². The Morgan fingerprint density at radius 2 is 1.90 bits per heavy atom. The fourth-order valence-corrected chi connectivity index (χ4v) is 1.47. The minimum Gasteiger partial charge on any atom is -0.478 e. The van der Waals surface area contributed by atoms with Crippen LogP contribution in [-0.4, -0.2) is 28.6 Å². The van der Waals surface area contributed by atoms with Gasteiger partial charge >= 0.3 is 12.0 Å². The number of anilines is 1. The van der Waals surface area contributed by atoms with Crippen molar-refractivity contribution in [2.24, 2.45) is 5.73 Å². The van der Waals surface area contributed by atoms with Gasteiger partial charge in [-0.3, -0.25) is 4.79 Å². The van der Waals surface area contributed by atoms with Crippen molar-refractivity contribution in [3.8, 4) is 0 Å². The smallest absolute Gasteiger partial charge is 0.337 e. The maximum Gasteiger partial charge on any atom is 0.337 e. The number of rotatable bonds is 4. The molecule has 0 fully saturated rings. The van der Waals surface area contributed by atoms with Crippen molar-refractivity contribution in [3.05, 3.63) is 28.8 Å². The Morgan fingerprint density at radius 3 is 2.40 bits per heavy atom. The molecule has 0 saturated carbocycles. The number of hydrogen-bond donors (Lipinski definition) is 4. The molecule has 0 aromatic heterocycles. The van der Waals surface area contributed by atoms with Gasteiger partial charge in [0.2, 0.25) is 5.91 Å². The zero-order valence-corrected chi connectivity index (χ0v) is 11.6. The zero-order chi connectivity index (χ0) is 15.5. The number of urea groups is 1. The highest BCUT2D eigenvalue weighted by molar-refractivity contribution is 6.33. The lowest BCUT2D eigenvalue weighted by atomic mass is 10.1. The summed E-state index contributed by atoms with van der Waals surface area (Å²) in [6.45, 7) is 2.89. The third kappa shape index (κ3) is 3.86. The van der Waals surface area contributed by atoms with Crippen molar-refractivity contribution in [2.45, 2.75) is 19.4 Å². The van der Waals surface area contributed by atoms with Gasteiger partial charge in [0, 0.05) is 5.69 Å². The molecule has 20 heavy (non-hydrogen) atoms. The molecule has 108 valence electrons. The summed E-state index contributed by atoms with van der Waals surface area (Å²) in [5.74, 6) is -1.91. The summed E-state index contributed by atoms with van der Waals surface area (Å²) < 4.78 is 0. The van der Waals surface area contributed by atoms with Gasteiger partial charge in [-0.05, 0) is 32.0 Å². The van der Waals surface area contributed by atoms with Crippen LogP contribution in [0, 0.1) is 0 Å². The van der Waals surface area contributed by atoms with Crippen LogP contribution in [0.25, 0.3) is 0 Å². The van der Waals surface area contributed by atoms with Crippen molar-refractivity contribution in [1.82, 2.24) is 5.32 Å². The van der Waals surface area contributed by atoms with Crippen LogP contribution in [0.2, 0.25) is 5.02 Å². The predicted octanol–water partition coefficient (Wildman–Crippen LogP) is 1.42. The Bertz CT molecular complexity index is 572. The molecular formula is C12H14ClN3O4. The highest BCUT2D eigenvalue weighted by Gasteiger charge is 2.26. The Hall–Kier alpha value is -2.28. The summed E-state index contributed by atoms with van der Waals surface area (Å²) in [5.41, 5.74) is 3.98. The fourth-order valence-electron chi connectivity index (χ4n) is 1.27. The normalized spacial score (nSPS) is 10.8. The number of carboxylic acid groups (broad SMARTS) is 1. The van der Waals surface area contributed by atoms with Crippen LogP contribution in [0.5, 0.6) is 0 Å². The van der Waals surface area contributed by atoms with E-state index in [-0.39, 0.29) is 16.3 Å². The molecule has 8 heteroatoms. The Kier molecular flexibility index (Phi) is 4.57. The summed E-state index contributed by atoms with van der Waals surface area (Å²) in [6.07, 6.45) is 0. The van der Waals surface area contributed by atoms with E-state index in [9.17, 15) is 14.4 Å². The van der Waals surface area contributed by atoms with Crippen LogP contribution in [0.1, 0.15) is 24.2 Å². The Labute approximate surface area is 120 Å². The van der Waals surface area contributed by atoms with Crippen LogP contribution in [0.4, 0.5) is 10.5 Å². The molecule has 0 saturated heterocycles. The second-order valence-corrected chi connectivity index (χ2v) is 4.98. The van der Waals surface area contributed by atoms with Gasteiger partial charge in [-0.15, -0.1) is 0 Å². The molecule has 0 atom stereocenters. The minimum absolute atomic E-state index is 0.0564. The number of halogens is 1. The van der Waals surface area contributed by atoms with E-state index in [0.29, 0.717) is 0 Å². The molecule has 7 nitrogen and oxygen atoms in total. The molecule has 0 aliphatic heterocycles. The van der Waals surface area contributed by atoms with Gasteiger partial charge in [0.05, 0.1) is 10.6 Å². The van der Waals surface area contributed by atoms with Gasteiger partial charge in [-0.2, -0.15) is 0 Å². The number of primary amides is 1. The van der Waals surface area contributed by atoms with Crippen LogP contribution in [-0.2, 0) is 4.79 Å². The van der Waals surface area contributed by atoms with Crippen LogP contribution in [0.3, 0.4) is 0 Å². The summed E-state index contributed by atoms with van der Waals surface area (Å²) in [7, 11) is 0. The molecule has 0 unspecified atom stereocenters. The molecule has 1 aromatic carbocycles. The Morgan fingerprint density at radius 1 is 1.30 bits per heavy atom.